The second kappa shape index (κ2) is 8.15. The van der Waals surface area contributed by atoms with E-state index < -0.39 is 38.5 Å². The van der Waals surface area contributed by atoms with E-state index in [-0.39, 0.29) is 21.8 Å². The van der Waals surface area contributed by atoms with Crippen LogP contribution in [-0.2, 0) is 21.0 Å². The third-order valence-corrected chi connectivity index (χ3v) is 5.84. The molecule has 0 aliphatic heterocycles. The molecule has 1 amide bonds. The van der Waals surface area contributed by atoms with E-state index in [0.717, 1.165) is 10.7 Å². The van der Waals surface area contributed by atoms with Gasteiger partial charge in [0.25, 0.3) is 0 Å². The molecule has 3 rings (SSSR count). The minimum Gasteiger partial charge on any atom is -0.369 e. The zero-order valence-corrected chi connectivity index (χ0v) is 17.6. The van der Waals surface area contributed by atoms with Crippen molar-refractivity contribution in [1.29, 1.82) is 0 Å². The lowest BCUT2D eigenvalue weighted by molar-refractivity contribution is -0.137. The highest BCUT2D eigenvalue weighted by molar-refractivity contribution is 7.89. The van der Waals surface area contributed by atoms with Crippen molar-refractivity contribution in [2.24, 2.45) is 10.9 Å². The Kier molecular flexibility index (Phi) is 6.07. The predicted molar refractivity (Wildman–Crippen MR) is 107 cm³/mol. The molecule has 0 fully saturated rings. The molecule has 0 bridgehead atoms. The highest BCUT2D eigenvalue weighted by atomic mass is 35.5. The largest absolute Gasteiger partial charge is 0.419 e. The van der Waals surface area contributed by atoms with Crippen LogP contribution in [0.3, 0.4) is 0 Å². The molecule has 13 heteroatoms. The van der Waals surface area contributed by atoms with E-state index in [1.807, 2.05) is 0 Å². The van der Waals surface area contributed by atoms with Crippen LogP contribution in [0, 0.1) is 0 Å². The summed E-state index contributed by atoms with van der Waals surface area (Å²) in [6.45, 7) is 0. The summed E-state index contributed by atoms with van der Waals surface area (Å²) in [5, 5.41) is 9.25. The van der Waals surface area contributed by atoms with Crippen LogP contribution in [0.4, 0.5) is 13.2 Å². The molecule has 1 aromatic heterocycles. The first kappa shape index (κ1) is 23.1. The number of aromatic nitrogens is 2. The molecule has 0 spiro atoms. The fraction of sp³-hybridized carbons (Fsp3) is 0.111. The third-order valence-electron chi connectivity index (χ3n) is 4.34. The van der Waals surface area contributed by atoms with Gasteiger partial charge in [0.2, 0.25) is 15.9 Å². The van der Waals surface area contributed by atoms with Gasteiger partial charge < -0.3 is 5.73 Å². The molecule has 0 aliphatic rings. The van der Waals surface area contributed by atoms with Crippen molar-refractivity contribution in [1.82, 2.24) is 9.78 Å². The van der Waals surface area contributed by atoms with Gasteiger partial charge in [-0.1, -0.05) is 35.3 Å². The second-order valence-electron chi connectivity index (χ2n) is 6.44. The number of hydrogen-bond donors (Lipinski definition) is 2. The number of sulfonamides is 1. The van der Waals surface area contributed by atoms with E-state index >= 15 is 0 Å². The lowest BCUT2D eigenvalue weighted by Crippen LogP contribution is -2.24. The van der Waals surface area contributed by atoms with Crippen molar-refractivity contribution < 1.29 is 26.4 Å². The lowest BCUT2D eigenvalue weighted by atomic mass is 9.90. The summed E-state index contributed by atoms with van der Waals surface area (Å²) in [6, 6.07) is 7.83. The smallest absolute Gasteiger partial charge is 0.369 e. The maximum atomic E-state index is 12.9. The molecule has 164 valence electrons. The van der Waals surface area contributed by atoms with Gasteiger partial charge in [-0.15, -0.1) is 0 Å². The molecular formula is C18H13Cl2F3N4O3S. The Hall–Kier alpha value is -2.60. The second-order valence-corrected chi connectivity index (χ2v) is 8.82. The van der Waals surface area contributed by atoms with Crippen molar-refractivity contribution in [3.8, 4) is 5.69 Å². The number of rotatable bonds is 5. The SMILES string of the molecule is NC(=O)C(c1ccc(-n2cc(C(F)(F)F)cn2)c(S(N)(=O)=O)c1)c1ccc(Cl)cc1Cl. The molecule has 0 saturated carbocycles. The number of carbonyl (C=O) groups is 1. The molecule has 0 aliphatic carbocycles. The summed E-state index contributed by atoms with van der Waals surface area (Å²) in [7, 11) is -4.44. The van der Waals surface area contributed by atoms with Gasteiger partial charge in [-0.05, 0) is 35.4 Å². The zero-order valence-electron chi connectivity index (χ0n) is 15.3. The number of carbonyl (C=O) groups excluding carboxylic acids is 1. The van der Waals surface area contributed by atoms with E-state index in [4.69, 9.17) is 34.1 Å². The first-order valence-corrected chi connectivity index (χ1v) is 10.6. The van der Waals surface area contributed by atoms with Crippen LogP contribution in [-0.4, -0.2) is 24.1 Å². The average molecular weight is 493 g/mol. The Morgan fingerprint density at radius 1 is 1.13 bits per heavy atom. The number of primary amides is 1. The number of hydrogen-bond acceptors (Lipinski definition) is 4. The standard InChI is InChI=1S/C18H13Cl2F3N4O3S/c19-11-2-3-12(13(20)6-11)16(17(24)28)9-1-4-14(15(5-9)31(25,29)30)27-8-10(7-26-27)18(21,22)23/h1-8,16H,(H2,24,28)(H2,25,29,30). The maximum absolute atomic E-state index is 12.9. The molecule has 4 N–H and O–H groups in total. The number of amides is 1. The molecule has 0 saturated heterocycles. The molecule has 31 heavy (non-hydrogen) atoms. The number of benzene rings is 2. The highest BCUT2D eigenvalue weighted by Crippen LogP contribution is 2.35. The molecule has 7 nitrogen and oxygen atoms in total. The third kappa shape index (κ3) is 4.85. The van der Waals surface area contributed by atoms with Crippen LogP contribution >= 0.6 is 23.2 Å². The monoisotopic (exact) mass is 492 g/mol. The lowest BCUT2D eigenvalue weighted by Gasteiger charge is -2.18. The number of alkyl halides is 3. The molecule has 1 atom stereocenters. The Bertz CT molecular complexity index is 1280. The maximum Gasteiger partial charge on any atom is 0.419 e. The molecular weight excluding hydrogens is 480 g/mol. The predicted octanol–water partition coefficient (Wildman–Crippen LogP) is 3.46. The topological polar surface area (TPSA) is 121 Å². The Balaban J connectivity index is 2.19. The molecule has 3 aromatic rings. The fourth-order valence-corrected chi connectivity index (χ4v) is 4.23. The number of halogens is 5. The van der Waals surface area contributed by atoms with Gasteiger partial charge in [0.05, 0.1) is 23.4 Å². The highest BCUT2D eigenvalue weighted by Gasteiger charge is 2.33. The summed E-state index contributed by atoms with van der Waals surface area (Å²) in [6.07, 6.45) is -3.52. The van der Waals surface area contributed by atoms with Crippen molar-refractivity contribution in [3.63, 3.8) is 0 Å². The van der Waals surface area contributed by atoms with Gasteiger partial charge in [-0.2, -0.15) is 18.3 Å². The summed E-state index contributed by atoms with van der Waals surface area (Å²) >= 11 is 12.0. The average Bonchev–Trinajstić information content (AvgIpc) is 3.13. The normalized spacial score (nSPS) is 13.2. The zero-order chi connectivity index (χ0) is 23.1. The first-order chi connectivity index (χ1) is 14.3. The molecule has 1 unspecified atom stereocenters. The van der Waals surface area contributed by atoms with Gasteiger partial charge in [0, 0.05) is 16.2 Å². The van der Waals surface area contributed by atoms with Crippen LogP contribution in [0.15, 0.2) is 53.7 Å². The Labute approximate surface area is 184 Å². The quantitative estimate of drug-likeness (QED) is 0.566. The van der Waals surface area contributed by atoms with Crippen LogP contribution in [0.1, 0.15) is 22.6 Å². The molecule has 2 aromatic carbocycles. The van der Waals surface area contributed by atoms with Crippen molar-refractivity contribution in [2.75, 3.05) is 0 Å². The van der Waals surface area contributed by atoms with E-state index in [1.54, 1.807) is 0 Å². The number of nitrogens with two attached hydrogens (primary N) is 2. The van der Waals surface area contributed by atoms with Gasteiger partial charge in [-0.3, -0.25) is 4.79 Å². The van der Waals surface area contributed by atoms with E-state index in [1.165, 1.54) is 30.3 Å². The van der Waals surface area contributed by atoms with Crippen LogP contribution in [0.5, 0.6) is 0 Å². The minimum absolute atomic E-state index is 0.104. The fourth-order valence-electron chi connectivity index (χ4n) is 2.96. The molecule has 0 radical (unpaired) electrons. The van der Waals surface area contributed by atoms with Gasteiger partial charge in [0.15, 0.2) is 0 Å². The number of primary sulfonamides is 1. The van der Waals surface area contributed by atoms with Crippen molar-refractivity contribution in [2.45, 2.75) is 17.0 Å². The Morgan fingerprint density at radius 3 is 2.32 bits per heavy atom. The first-order valence-electron chi connectivity index (χ1n) is 8.32. The summed E-state index contributed by atoms with van der Waals surface area (Å²) in [4.78, 5) is 11.6. The van der Waals surface area contributed by atoms with Gasteiger partial charge in [-0.25, -0.2) is 18.2 Å². The van der Waals surface area contributed by atoms with Crippen LogP contribution < -0.4 is 10.9 Å². The van der Waals surface area contributed by atoms with Crippen LogP contribution in [0.2, 0.25) is 10.0 Å². The van der Waals surface area contributed by atoms with Gasteiger partial charge in [0.1, 0.15) is 4.90 Å². The number of nitrogens with zero attached hydrogens (tertiary/aromatic N) is 2. The van der Waals surface area contributed by atoms with Crippen molar-refractivity contribution in [3.05, 3.63) is 75.5 Å². The van der Waals surface area contributed by atoms with E-state index in [0.29, 0.717) is 17.4 Å². The summed E-state index contributed by atoms with van der Waals surface area (Å²) < 4.78 is 63.8. The van der Waals surface area contributed by atoms with Crippen LogP contribution in [0.25, 0.3) is 5.69 Å². The Morgan fingerprint density at radius 2 is 1.81 bits per heavy atom. The minimum atomic E-state index is -4.68. The molecule has 1 heterocycles. The van der Waals surface area contributed by atoms with Gasteiger partial charge >= 0.3 is 6.18 Å². The summed E-state index contributed by atoms with van der Waals surface area (Å²) in [5.41, 5.74) is 4.55. The van der Waals surface area contributed by atoms with E-state index in [9.17, 15) is 26.4 Å². The van der Waals surface area contributed by atoms with E-state index in [2.05, 4.69) is 5.10 Å². The van der Waals surface area contributed by atoms with Crippen molar-refractivity contribution >= 4 is 39.1 Å². The summed E-state index contributed by atoms with van der Waals surface area (Å²) in [5.74, 6) is -2.03.